The van der Waals surface area contributed by atoms with Gasteiger partial charge in [0.15, 0.2) is 5.82 Å². The van der Waals surface area contributed by atoms with Crippen LogP contribution in [0.3, 0.4) is 0 Å². The molecule has 110 valence electrons. The molecule has 0 saturated carbocycles. The van der Waals surface area contributed by atoms with Crippen LogP contribution in [0.2, 0.25) is 0 Å². The lowest BCUT2D eigenvalue weighted by Crippen LogP contribution is -2.24. The third-order valence-electron chi connectivity index (χ3n) is 2.71. The van der Waals surface area contributed by atoms with E-state index in [2.05, 4.69) is 10.4 Å². The highest BCUT2D eigenvalue weighted by Gasteiger charge is 2.20. The Labute approximate surface area is 121 Å². The van der Waals surface area contributed by atoms with Gasteiger partial charge in [0.1, 0.15) is 5.56 Å². The maximum Gasteiger partial charge on any atom is 0.343 e. The summed E-state index contributed by atoms with van der Waals surface area (Å²) in [6.07, 6.45) is 1.36. The Balaban J connectivity index is 2.46. The van der Waals surface area contributed by atoms with Crippen LogP contribution in [0.5, 0.6) is 0 Å². The third-order valence-corrected chi connectivity index (χ3v) is 2.71. The van der Waals surface area contributed by atoms with Crippen molar-refractivity contribution < 1.29 is 14.3 Å². The molecular weight excluding hydrogens is 272 g/mol. The molecule has 0 bridgehead atoms. The molecule has 1 aromatic carbocycles. The Hall–Kier alpha value is -2.67. The van der Waals surface area contributed by atoms with Crippen molar-refractivity contribution in [2.75, 3.05) is 18.5 Å². The standard InChI is InChI=1S/C14H16N4O3/c1-2-21-14(20)11-9-16-18(10-6-4-3-5-7-10)13(11)17-12(19)8-15/h3-7,9H,2,8,15H2,1H3,(H,17,19). The number of benzene rings is 1. The summed E-state index contributed by atoms with van der Waals surface area (Å²) in [6.45, 7) is 1.75. The molecule has 0 aliphatic rings. The number of nitrogens with zero attached hydrogens (tertiary/aromatic N) is 2. The second-order valence-electron chi connectivity index (χ2n) is 4.13. The predicted molar refractivity (Wildman–Crippen MR) is 77.2 cm³/mol. The molecule has 0 unspecified atom stereocenters. The molecule has 0 atom stereocenters. The molecule has 0 spiro atoms. The molecule has 7 heteroatoms. The van der Waals surface area contributed by atoms with Gasteiger partial charge in [-0.1, -0.05) is 18.2 Å². The summed E-state index contributed by atoms with van der Waals surface area (Å²) in [5.41, 5.74) is 6.20. The maximum absolute atomic E-state index is 11.9. The number of carbonyl (C=O) groups excluding carboxylic acids is 2. The average molecular weight is 288 g/mol. The normalized spacial score (nSPS) is 10.2. The largest absolute Gasteiger partial charge is 0.462 e. The second-order valence-corrected chi connectivity index (χ2v) is 4.13. The number of nitrogens with one attached hydrogen (secondary N) is 1. The number of ether oxygens (including phenoxy) is 1. The molecule has 1 amide bonds. The monoisotopic (exact) mass is 288 g/mol. The van der Waals surface area contributed by atoms with Gasteiger partial charge >= 0.3 is 5.97 Å². The van der Waals surface area contributed by atoms with Crippen LogP contribution in [0.1, 0.15) is 17.3 Å². The average Bonchev–Trinajstić information content (AvgIpc) is 2.92. The van der Waals surface area contributed by atoms with Gasteiger partial charge in [0.25, 0.3) is 0 Å². The first kappa shape index (κ1) is 14.7. The summed E-state index contributed by atoms with van der Waals surface area (Å²) in [4.78, 5) is 23.5. The van der Waals surface area contributed by atoms with Crippen molar-refractivity contribution in [3.8, 4) is 5.69 Å². The molecule has 0 aliphatic carbocycles. The zero-order valence-corrected chi connectivity index (χ0v) is 11.6. The van der Waals surface area contributed by atoms with Crippen LogP contribution in [0, 0.1) is 0 Å². The predicted octanol–water partition coefficient (Wildman–Crippen LogP) is 0.946. The summed E-state index contributed by atoms with van der Waals surface area (Å²) in [7, 11) is 0. The van der Waals surface area contributed by atoms with E-state index in [0.717, 1.165) is 0 Å². The van der Waals surface area contributed by atoms with E-state index in [1.807, 2.05) is 18.2 Å². The molecule has 0 fully saturated rings. The van der Waals surface area contributed by atoms with Gasteiger partial charge in [-0.05, 0) is 19.1 Å². The Morgan fingerprint density at radius 2 is 2.05 bits per heavy atom. The highest BCUT2D eigenvalue weighted by molar-refractivity contribution is 6.01. The second kappa shape index (κ2) is 6.67. The van der Waals surface area contributed by atoms with E-state index < -0.39 is 11.9 Å². The van der Waals surface area contributed by atoms with Crippen molar-refractivity contribution in [2.24, 2.45) is 5.73 Å². The van der Waals surface area contributed by atoms with E-state index in [0.29, 0.717) is 5.69 Å². The minimum absolute atomic E-state index is 0.183. The van der Waals surface area contributed by atoms with E-state index in [9.17, 15) is 9.59 Å². The fourth-order valence-corrected chi connectivity index (χ4v) is 1.78. The van der Waals surface area contributed by atoms with Crippen molar-refractivity contribution in [1.82, 2.24) is 9.78 Å². The van der Waals surface area contributed by atoms with E-state index in [4.69, 9.17) is 10.5 Å². The van der Waals surface area contributed by atoms with Gasteiger partial charge in [0, 0.05) is 0 Å². The number of hydrogen-bond acceptors (Lipinski definition) is 5. The Morgan fingerprint density at radius 1 is 1.33 bits per heavy atom. The molecule has 1 heterocycles. The fraction of sp³-hybridized carbons (Fsp3) is 0.214. The van der Waals surface area contributed by atoms with E-state index in [-0.39, 0.29) is 24.5 Å². The van der Waals surface area contributed by atoms with E-state index >= 15 is 0 Å². The van der Waals surface area contributed by atoms with Gasteiger partial charge in [-0.15, -0.1) is 0 Å². The Kier molecular flexibility index (Phi) is 4.68. The zero-order chi connectivity index (χ0) is 15.2. The highest BCUT2D eigenvalue weighted by Crippen LogP contribution is 2.21. The SMILES string of the molecule is CCOC(=O)c1cnn(-c2ccccc2)c1NC(=O)CN. The zero-order valence-electron chi connectivity index (χ0n) is 11.6. The molecule has 1 aromatic heterocycles. The number of rotatable bonds is 5. The highest BCUT2D eigenvalue weighted by atomic mass is 16.5. The quantitative estimate of drug-likeness (QED) is 0.798. The first-order valence-corrected chi connectivity index (χ1v) is 6.47. The molecule has 2 aromatic rings. The number of para-hydroxylation sites is 1. The van der Waals surface area contributed by atoms with Crippen LogP contribution < -0.4 is 11.1 Å². The maximum atomic E-state index is 11.9. The number of anilines is 1. The van der Waals surface area contributed by atoms with Gasteiger partial charge in [-0.25, -0.2) is 9.48 Å². The van der Waals surface area contributed by atoms with Crippen LogP contribution in [0.15, 0.2) is 36.5 Å². The van der Waals surface area contributed by atoms with Gasteiger partial charge in [0.05, 0.1) is 25.0 Å². The summed E-state index contributed by atoms with van der Waals surface area (Å²) >= 11 is 0. The van der Waals surface area contributed by atoms with Gasteiger partial charge < -0.3 is 15.8 Å². The molecule has 3 N–H and O–H groups in total. The molecule has 21 heavy (non-hydrogen) atoms. The van der Waals surface area contributed by atoms with E-state index in [1.165, 1.54) is 10.9 Å². The van der Waals surface area contributed by atoms with Crippen molar-refractivity contribution in [2.45, 2.75) is 6.92 Å². The lowest BCUT2D eigenvalue weighted by atomic mass is 10.3. The molecule has 0 saturated heterocycles. The Bertz CT molecular complexity index is 637. The molecule has 0 aliphatic heterocycles. The van der Waals surface area contributed by atoms with Crippen molar-refractivity contribution in [3.05, 3.63) is 42.1 Å². The first-order valence-electron chi connectivity index (χ1n) is 6.47. The van der Waals surface area contributed by atoms with Crippen LogP contribution in [0.4, 0.5) is 5.82 Å². The topological polar surface area (TPSA) is 99.2 Å². The fourth-order valence-electron chi connectivity index (χ4n) is 1.78. The summed E-state index contributed by atoms with van der Waals surface area (Å²) in [6, 6.07) is 9.13. The third kappa shape index (κ3) is 3.26. The van der Waals surface area contributed by atoms with Gasteiger partial charge in [0.2, 0.25) is 5.91 Å². The molecule has 2 rings (SSSR count). The van der Waals surface area contributed by atoms with Crippen molar-refractivity contribution in [1.29, 1.82) is 0 Å². The first-order chi connectivity index (χ1) is 10.2. The Morgan fingerprint density at radius 3 is 2.67 bits per heavy atom. The summed E-state index contributed by atoms with van der Waals surface area (Å²) in [5, 5.41) is 6.72. The molecule has 7 nitrogen and oxygen atoms in total. The van der Waals surface area contributed by atoms with Gasteiger partial charge in [-0.2, -0.15) is 5.10 Å². The number of esters is 1. The summed E-state index contributed by atoms with van der Waals surface area (Å²) < 4.78 is 6.42. The molecule has 0 radical (unpaired) electrons. The molecular formula is C14H16N4O3. The number of hydrogen-bond donors (Lipinski definition) is 2. The number of nitrogens with two attached hydrogens (primary N) is 1. The summed E-state index contributed by atoms with van der Waals surface area (Å²) in [5.74, 6) is -0.722. The van der Waals surface area contributed by atoms with Crippen molar-refractivity contribution in [3.63, 3.8) is 0 Å². The number of amides is 1. The van der Waals surface area contributed by atoms with Gasteiger partial charge in [-0.3, -0.25) is 4.79 Å². The lowest BCUT2D eigenvalue weighted by molar-refractivity contribution is -0.114. The van der Waals surface area contributed by atoms with Crippen molar-refractivity contribution >= 4 is 17.7 Å². The van der Waals surface area contributed by atoms with Crippen LogP contribution in [0.25, 0.3) is 5.69 Å². The smallest absolute Gasteiger partial charge is 0.343 e. The lowest BCUT2D eigenvalue weighted by Gasteiger charge is -2.10. The van der Waals surface area contributed by atoms with Crippen LogP contribution in [-0.4, -0.2) is 34.8 Å². The number of carbonyl (C=O) groups is 2. The van der Waals surface area contributed by atoms with Crippen LogP contribution in [-0.2, 0) is 9.53 Å². The number of aromatic nitrogens is 2. The van der Waals surface area contributed by atoms with Crippen LogP contribution >= 0.6 is 0 Å². The van der Waals surface area contributed by atoms with E-state index in [1.54, 1.807) is 19.1 Å². The minimum atomic E-state index is -0.549. The minimum Gasteiger partial charge on any atom is -0.462 e.